The highest BCUT2D eigenvalue weighted by Gasteiger charge is 2.17. The molecule has 2 rings (SSSR count). The van der Waals surface area contributed by atoms with E-state index in [9.17, 15) is 4.79 Å². The summed E-state index contributed by atoms with van der Waals surface area (Å²) in [6.45, 7) is 0. The number of hydrogen-bond acceptors (Lipinski definition) is 4. The highest BCUT2D eigenvalue weighted by Crippen LogP contribution is 2.30. The number of carboxylic acid groups (broad SMARTS) is 1. The Morgan fingerprint density at radius 1 is 1.33 bits per heavy atom. The molecule has 15 heavy (non-hydrogen) atoms. The van der Waals surface area contributed by atoms with Crippen LogP contribution in [0.5, 0.6) is 0 Å². The van der Waals surface area contributed by atoms with Crippen molar-refractivity contribution in [2.45, 2.75) is 0 Å². The summed E-state index contributed by atoms with van der Waals surface area (Å²) in [7, 11) is 0. The van der Waals surface area contributed by atoms with Gasteiger partial charge in [-0.25, -0.2) is 4.79 Å². The Labute approximate surface area is 90.2 Å². The molecule has 0 fully saturated rings. The lowest BCUT2D eigenvalue weighted by molar-refractivity contribution is 0.0703. The van der Waals surface area contributed by atoms with Crippen LogP contribution in [0.1, 0.15) is 9.67 Å². The first-order valence-electron chi connectivity index (χ1n) is 4.24. The van der Waals surface area contributed by atoms with Crippen LogP contribution in [-0.4, -0.2) is 15.4 Å². The third-order valence-electron chi connectivity index (χ3n) is 1.97. The Morgan fingerprint density at radius 2 is 2.00 bits per heavy atom. The van der Waals surface area contributed by atoms with E-state index in [1.54, 1.807) is 0 Å². The van der Waals surface area contributed by atoms with Crippen molar-refractivity contribution in [2.75, 3.05) is 5.73 Å². The number of nitrogen functional groups attached to an aromatic ring is 1. The lowest BCUT2D eigenvalue weighted by Crippen LogP contribution is -1.98. The van der Waals surface area contributed by atoms with Crippen LogP contribution in [0, 0.1) is 0 Å². The molecular weight excluding hydrogens is 212 g/mol. The number of aromatic nitrogens is 1. The summed E-state index contributed by atoms with van der Waals surface area (Å²) in [6, 6.07) is 9.28. The standard InChI is InChI=1S/C10H8N2O2S/c11-7-8(6-4-2-1-3-5-6)12-15-9(7)10(13)14/h1-5H,11H2,(H,13,14). The molecule has 0 aliphatic heterocycles. The van der Waals surface area contributed by atoms with Crippen molar-refractivity contribution in [1.29, 1.82) is 0 Å². The van der Waals surface area contributed by atoms with E-state index < -0.39 is 5.97 Å². The van der Waals surface area contributed by atoms with Crippen molar-refractivity contribution in [3.8, 4) is 11.3 Å². The summed E-state index contributed by atoms with van der Waals surface area (Å²) in [5.74, 6) is -1.04. The van der Waals surface area contributed by atoms with Crippen LogP contribution in [0.25, 0.3) is 11.3 Å². The number of anilines is 1. The molecule has 2 aromatic rings. The lowest BCUT2D eigenvalue weighted by Gasteiger charge is -1.97. The number of carbonyl (C=O) groups is 1. The molecule has 0 aliphatic carbocycles. The van der Waals surface area contributed by atoms with E-state index in [0.29, 0.717) is 5.69 Å². The number of aromatic carboxylic acids is 1. The van der Waals surface area contributed by atoms with Gasteiger partial charge in [0.05, 0.1) is 5.69 Å². The summed E-state index contributed by atoms with van der Waals surface area (Å²) >= 11 is 0.905. The van der Waals surface area contributed by atoms with E-state index in [2.05, 4.69) is 4.37 Å². The predicted molar refractivity (Wildman–Crippen MR) is 58.9 cm³/mol. The molecule has 0 saturated heterocycles. The second-order valence-corrected chi connectivity index (χ2v) is 3.72. The number of nitrogens with zero attached hydrogens (tertiary/aromatic N) is 1. The van der Waals surface area contributed by atoms with Gasteiger partial charge >= 0.3 is 5.97 Å². The Morgan fingerprint density at radius 3 is 2.53 bits per heavy atom. The Hall–Kier alpha value is -1.88. The van der Waals surface area contributed by atoms with Gasteiger partial charge in [-0.15, -0.1) is 0 Å². The molecule has 0 aliphatic rings. The topological polar surface area (TPSA) is 76.2 Å². The predicted octanol–water partition coefficient (Wildman–Crippen LogP) is 2.09. The molecule has 0 amide bonds. The third kappa shape index (κ3) is 1.69. The van der Waals surface area contributed by atoms with Gasteiger partial charge in [0.15, 0.2) is 4.88 Å². The summed E-state index contributed by atoms with van der Waals surface area (Å²) in [6.07, 6.45) is 0. The van der Waals surface area contributed by atoms with Crippen LogP contribution in [0.3, 0.4) is 0 Å². The zero-order valence-corrected chi connectivity index (χ0v) is 8.49. The number of rotatable bonds is 2. The maximum Gasteiger partial charge on any atom is 0.349 e. The zero-order valence-electron chi connectivity index (χ0n) is 7.68. The minimum atomic E-state index is -1.04. The fraction of sp³-hybridized carbons (Fsp3) is 0. The lowest BCUT2D eigenvalue weighted by atomic mass is 10.1. The molecule has 1 heterocycles. The van der Waals surface area contributed by atoms with Crippen LogP contribution >= 0.6 is 11.5 Å². The van der Waals surface area contributed by atoms with Crippen LogP contribution < -0.4 is 5.73 Å². The molecule has 4 nitrogen and oxygen atoms in total. The van der Waals surface area contributed by atoms with Gasteiger partial charge in [0.1, 0.15) is 5.69 Å². The number of benzene rings is 1. The van der Waals surface area contributed by atoms with Gasteiger partial charge < -0.3 is 10.8 Å². The fourth-order valence-electron chi connectivity index (χ4n) is 1.26. The van der Waals surface area contributed by atoms with Crippen LogP contribution in [0.2, 0.25) is 0 Å². The van der Waals surface area contributed by atoms with Gasteiger partial charge in [0.2, 0.25) is 0 Å². The monoisotopic (exact) mass is 220 g/mol. The van der Waals surface area contributed by atoms with Crippen LogP contribution in [-0.2, 0) is 0 Å². The van der Waals surface area contributed by atoms with Crippen molar-refractivity contribution in [2.24, 2.45) is 0 Å². The average Bonchev–Trinajstić information content (AvgIpc) is 2.61. The molecule has 1 aromatic carbocycles. The van der Waals surface area contributed by atoms with Crippen molar-refractivity contribution in [3.63, 3.8) is 0 Å². The van der Waals surface area contributed by atoms with Gasteiger partial charge in [-0.05, 0) is 11.5 Å². The number of nitrogens with two attached hydrogens (primary N) is 1. The van der Waals surface area contributed by atoms with E-state index in [-0.39, 0.29) is 10.6 Å². The first-order chi connectivity index (χ1) is 7.20. The molecule has 0 atom stereocenters. The van der Waals surface area contributed by atoms with Crippen molar-refractivity contribution >= 4 is 23.2 Å². The third-order valence-corrected chi connectivity index (χ3v) is 2.82. The molecule has 1 aromatic heterocycles. The molecule has 3 N–H and O–H groups in total. The van der Waals surface area contributed by atoms with E-state index in [4.69, 9.17) is 10.8 Å². The van der Waals surface area contributed by atoms with Gasteiger partial charge in [-0.1, -0.05) is 30.3 Å². The van der Waals surface area contributed by atoms with E-state index in [1.165, 1.54) is 0 Å². The maximum atomic E-state index is 10.8. The number of hydrogen-bond donors (Lipinski definition) is 2. The summed E-state index contributed by atoms with van der Waals surface area (Å²) in [4.78, 5) is 10.8. The van der Waals surface area contributed by atoms with Crippen molar-refractivity contribution in [3.05, 3.63) is 35.2 Å². The van der Waals surface area contributed by atoms with Gasteiger partial charge in [0, 0.05) is 5.56 Å². The Bertz CT molecular complexity index is 493. The maximum absolute atomic E-state index is 10.8. The molecule has 0 unspecified atom stereocenters. The summed E-state index contributed by atoms with van der Waals surface area (Å²) < 4.78 is 4.04. The minimum Gasteiger partial charge on any atom is -0.477 e. The molecular formula is C10H8N2O2S. The molecule has 76 valence electrons. The first-order valence-corrected chi connectivity index (χ1v) is 5.01. The minimum absolute atomic E-state index is 0.0915. The van der Waals surface area contributed by atoms with Crippen LogP contribution in [0.15, 0.2) is 30.3 Å². The fourth-order valence-corrected chi connectivity index (χ4v) is 1.92. The van der Waals surface area contributed by atoms with E-state index in [0.717, 1.165) is 17.1 Å². The molecule has 5 heteroatoms. The number of carboxylic acids is 1. The normalized spacial score (nSPS) is 10.1. The summed E-state index contributed by atoms with van der Waals surface area (Å²) in [5.41, 5.74) is 7.31. The van der Waals surface area contributed by atoms with Gasteiger partial charge in [-0.2, -0.15) is 4.37 Å². The van der Waals surface area contributed by atoms with Gasteiger partial charge in [-0.3, -0.25) is 0 Å². The second kappa shape index (κ2) is 3.70. The summed E-state index contributed by atoms with van der Waals surface area (Å²) in [5, 5.41) is 8.82. The van der Waals surface area contributed by atoms with Crippen molar-refractivity contribution in [1.82, 2.24) is 4.37 Å². The molecule has 0 radical (unpaired) electrons. The largest absolute Gasteiger partial charge is 0.477 e. The first kappa shape index (κ1) is 9.67. The smallest absolute Gasteiger partial charge is 0.349 e. The van der Waals surface area contributed by atoms with Crippen LogP contribution in [0.4, 0.5) is 5.69 Å². The molecule has 0 saturated carbocycles. The Kier molecular flexibility index (Phi) is 2.39. The molecule has 0 bridgehead atoms. The highest BCUT2D eigenvalue weighted by molar-refractivity contribution is 7.09. The Balaban J connectivity index is 2.52. The average molecular weight is 220 g/mol. The SMILES string of the molecule is Nc1c(-c2ccccc2)nsc1C(=O)O. The zero-order chi connectivity index (χ0) is 10.8. The van der Waals surface area contributed by atoms with Crippen molar-refractivity contribution < 1.29 is 9.90 Å². The highest BCUT2D eigenvalue weighted by atomic mass is 32.1. The quantitative estimate of drug-likeness (QED) is 0.812. The van der Waals surface area contributed by atoms with E-state index >= 15 is 0 Å². The van der Waals surface area contributed by atoms with Gasteiger partial charge in [0.25, 0.3) is 0 Å². The van der Waals surface area contributed by atoms with E-state index in [1.807, 2.05) is 30.3 Å². The second-order valence-electron chi connectivity index (χ2n) is 2.95. The molecule has 0 spiro atoms.